The molecule has 1 aromatic carbocycles. The molecule has 152 valence electrons. The molecule has 2 atom stereocenters. The molecular formula is C22H31N3O3. The number of carbonyl (C=O) groups is 1. The Morgan fingerprint density at radius 3 is 2.54 bits per heavy atom. The van der Waals surface area contributed by atoms with Gasteiger partial charge in [-0.2, -0.15) is 4.98 Å². The van der Waals surface area contributed by atoms with Gasteiger partial charge in [0.2, 0.25) is 5.91 Å². The van der Waals surface area contributed by atoms with E-state index in [1.54, 1.807) is 4.90 Å². The molecule has 1 amide bonds. The van der Waals surface area contributed by atoms with Crippen molar-refractivity contribution in [1.82, 2.24) is 15.0 Å². The summed E-state index contributed by atoms with van der Waals surface area (Å²) in [6.07, 6.45) is 1.00. The lowest BCUT2D eigenvalue weighted by atomic mass is 9.81. The summed E-state index contributed by atoms with van der Waals surface area (Å²) in [5, 5.41) is 4.23. The smallest absolute Gasteiger partial charge is 0.257 e. The van der Waals surface area contributed by atoms with Crippen molar-refractivity contribution in [3.8, 4) is 11.5 Å². The van der Waals surface area contributed by atoms with E-state index in [4.69, 9.17) is 9.26 Å². The quantitative estimate of drug-likeness (QED) is 0.769. The minimum Gasteiger partial charge on any atom is -0.377 e. The Balaban J connectivity index is 1.71. The molecule has 1 saturated heterocycles. The third-order valence-electron chi connectivity index (χ3n) is 5.21. The molecule has 28 heavy (non-hydrogen) atoms. The first-order chi connectivity index (χ1) is 13.2. The van der Waals surface area contributed by atoms with Gasteiger partial charge in [0.1, 0.15) is 0 Å². The topological polar surface area (TPSA) is 68.5 Å². The van der Waals surface area contributed by atoms with Gasteiger partial charge in [-0.3, -0.25) is 4.79 Å². The zero-order valence-electron chi connectivity index (χ0n) is 17.7. The molecule has 1 aliphatic heterocycles. The van der Waals surface area contributed by atoms with Crippen molar-refractivity contribution in [2.45, 2.75) is 59.6 Å². The molecule has 0 unspecified atom stereocenters. The number of nitrogens with zero attached hydrogens (tertiary/aromatic N) is 3. The second-order valence-corrected chi connectivity index (χ2v) is 9.06. The molecule has 6 nitrogen and oxygen atoms in total. The highest BCUT2D eigenvalue weighted by Gasteiger charge is 2.40. The average Bonchev–Trinajstić information content (AvgIpc) is 3.30. The number of carbonyl (C=O) groups excluding carboxylic acids is 1. The van der Waals surface area contributed by atoms with Gasteiger partial charge in [-0.15, -0.1) is 0 Å². The lowest BCUT2D eigenvalue weighted by Gasteiger charge is -2.29. The van der Waals surface area contributed by atoms with Gasteiger partial charge in [0, 0.05) is 31.7 Å². The Morgan fingerprint density at radius 1 is 1.25 bits per heavy atom. The largest absolute Gasteiger partial charge is 0.377 e. The zero-order valence-corrected chi connectivity index (χ0v) is 17.7. The van der Waals surface area contributed by atoms with E-state index in [2.05, 4.69) is 30.9 Å². The maximum atomic E-state index is 12.0. The molecule has 3 rings (SSSR count). The van der Waals surface area contributed by atoms with Crippen LogP contribution in [0.15, 0.2) is 28.8 Å². The standard InChI is InChI=1S/C22H31N3O3/c1-14(2)21(26)25(6)13-15-7-9-16(10-8-15)20-23-19(24-28-20)17-11-12-27-18(17)22(3,4)5/h7-10,14,17-18H,11-13H2,1-6H3/t17-,18-/m0/s1. The van der Waals surface area contributed by atoms with Crippen molar-refractivity contribution in [3.63, 3.8) is 0 Å². The van der Waals surface area contributed by atoms with E-state index in [-0.39, 0.29) is 29.3 Å². The van der Waals surface area contributed by atoms with Crippen molar-refractivity contribution < 1.29 is 14.1 Å². The van der Waals surface area contributed by atoms with E-state index in [0.717, 1.165) is 30.0 Å². The van der Waals surface area contributed by atoms with Gasteiger partial charge in [0.25, 0.3) is 5.89 Å². The first-order valence-electron chi connectivity index (χ1n) is 9.96. The number of hydrogen-bond donors (Lipinski definition) is 0. The van der Waals surface area contributed by atoms with Crippen molar-refractivity contribution in [2.24, 2.45) is 11.3 Å². The van der Waals surface area contributed by atoms with Crippen LogP contribution in [0.3, 0.4) is 0 Å². The molecule has 0 saturated carbocycles. The van der Waals surface area contributed by atoms with Gasteiger partial charge in [-0.05, 0) is 29.5 Å². The number of ether oxygens (including phenoxy) is 1. The summed E-state index contributed by atoms with van der Waals surface area (Å²) < 4.78 is 11.5. The third kappa shape index (κ3) is 4.43. The maximum absolute atomic E-state index is 12.0. The van der Waals surface area contributed by atoms with E-state index >= 15 is 0 Å². The number of aromatic nitrogens is 2. The molecule has 1 fully saturated rings. The summed E-state index contributed by atoms with van der Waals surface area (Å²) in [4.78, 5) is 18.4. The van der Waals surface area contributed by atoms with Crippen LogP contribution in [-0.4, -0.2) is 40.7 Å². The lowest BCUT2D eigenvalue weighted by molar-refractivity contribution is -0.133. The SMILES string of the molecule is CC(C)C(=O)N(C)Cc1ccc(-c2nc([C@H]3CCO[C@@H]3C(C)(C)C)no2)cc1. The summed E-state index contributed by atoms with van der Waals surface area (Å²) in [7, 11) is 1.83. The third-order valence-corrected chi connectivity index (χ3v) is 5.21. The van der Waals surface area contributed by atoms with Crippen LogP contribution in [0.2, 0.25) is 0 Å². The van der Waals surface area contributed by atoms with E-state index in [1.165, 1.54) is 0 Å². The minimum atomic E-state index is -0.00224. The summed E-state index contributed by atoms with van der Waals surface area (Å²) >= 11 is 0. The Morgan fingerprint density at radius 2 is 1.93 bits per heavy atom. The monoisotopic (exact) mass is 385 g/mol. The summed E-state index contributed by atoms with van der Waals surface area (Å²) in [5.74, 6) is 1.54. The van der Waals surface area contributed by atoms with Gasteiger partial charge < -0.3 is 14.2 Å². The second-order valence-electron chi connectivity index (χ2n) is 9.06. The van der Waals surface area contributed by atoms with Gasteiger partial charge in [0.15, 0.2) is 5.82 Å². The predicted octanol–water partition coefficient (Wildman–Crippen LogP) is 4.27. The molecular weight excluding hydrogens is 354 g/mol. The molecule has 1 aromatic heterocycles. The van der Waals surface area contributed by atoms with Crippen LogP contribution >= 0.6 is 0 Å². The molecule has 0 bridgehead atoms. The highest BCUT2D eigenvalue weighted by molar-refractivity contribution is 5.77. The number of hydrogen-bond acceptors (Lipinski definition) is 5. The normalized spacial score (nSPS) is 20.0. The Hall–Kier alpha value is -2.21. The number of benzene rings is 1. The fraction of sp³-hybridized carbons (Fsp3) is 0.591. The van der Waals surface area contributed by atoms with Gasteiger partial charge >= 0.3 is 0 Å². The van der Waals surface area contributed by atoms with Crippen LogP contribution in [0.5, 0.6) is 0 Å². The van der Waals surface area contributed by atoms with Crippen molar-refractivity contribution in [1.29, 1.82) is 0 Å². The van der Waals surface area contributed by atoms with Gasteiger partial charge in [-0.25, -0.2) is 0 Å². The highest BCUT2D eigenvalue weighted by atomic mass is 16.5. The minimum absolute atomic E-state index is 0.00224. The van der Waals surface area contributed by atoms with E-state index in [9.17, 15) is 4.79 Å². The Kier molecular flexibility index (Phi) is 5.89. The maximum Gasteiger partial charge on any atom is 0.257 e. The predicted molar refractivity (Wildman–Crippen MR) is 108 cm³/mol. The van der Waals surface area contributed by atoms with Gasteiger partial charge in [0.05, 0.1) is 12.0 Å². The van der Waals surface area contributed by atoms with E-state index in [1.807, 2.05) is 45.2 Å². The summed E-state index contributed by atoms with van der Waals surface area (Å²) in [5.41, 5.74) is 1.98. The fourth-order valence-electron chi connectivity index (χ4n) is 3.76. The Labute approximate surface area is 167 Å². The van der Waals surface area contributed by atoms with Crippen LogP contribution in [-0.2, 0) is 16.1 Å². The molecule has 0 spiro atoms. The zero-order chi connectivity index (χ0) is 20.5. The van der Waals surface area contributed by atoms with Gasteiger partial charge in [-0.1, -0.05) is 51.9 Å². The summed E-state index contributed by atoms with van der Waals surface area (Å²) in [6.45, 7) is 11.7. The first kappa shape index (κ1) is 20.5. The summed E-state index contributed by atoms with van der Waals surface area (Å²) in [6, 6.07) is 7.93. The number of rotatable bonds is 5. The lowest BCUT2D eigenvalue weighted by Crippen LogP contribution is -2.30. The Bertz CT molecular complexity index is 805. The molecule has 1 aliphatic rings. The van der Waals surface area contributed by atoms with E-state index in [0.29, 0.717) is 12.4 Å². The highest BCUT2D eigenvalue weighted by Crippen LogP contribution is 2.40. The molecule has 2 aromatic rings. The molecule has 0 aliphatic carbocycles. The molecule has 2 heterocycles. The molecule has 6 heteroatoms. The van der Waals surface area contributed by atoms with Crippen LogP contribution in [0.25, 0.3) is 11.5 Å². The van der Waals surface area contributed by atoms with Crippen molar-refractivity contribution >= 4 is 5.91 Å². The van der Waals surface area contributed by atoms with Crippen LogP contribution in [0.4, 0.5) is 0 Å². The molecule has 0 radical (unpaired) electrons. The van der Waals surface area contributed by atoms with E-state index < -0.39 is 0 Å². The van der Waals surface area contributed by atoms with Crippen LogP contribution in [0.1, 0.15) is 58.3 Å². The van der Waals surface area contributed by atoms with Crippen molar-refractivity contribution in [3.05, 3.63) is 35.7 Å². The first-order valence-corrected chi connectivity index (χ1v) is 9.96. The van der Waals surface area contributed by atoms with Crippen molar-refractivity contribution in [2.75, 3.05) is 13.7 Å². The second kappa shape index (κ2) is 8.03. The van der Waals surface area contributed by atoms with Crippen LogP contribution < -0.4 is 0 Å². The fourth-order valence-corrected chi connectivity index (χ4v) is 3.76. The average molecular weight is 386 g/mol. The molecule has 0 N–H and O–H groups in total. The van der Waals surface area contributed by atoms with Crippen LogP contribution in [0, 0.1) is 11.3 Å². The number of amides is 1.